The summed E-state index contributed by atoms with van der Waals surface area (Å²) in [7, 11) is 0. The Morgan fingerprint density at radius 1 is 1.47 bits per heavy atom. The fourth-order valence-electron chi connectivity index (χ4n) is 1.18. The summed E-state index contributed by atoms with van der Waals surface area (Å²) >= 11 is 3.24. The third kappa shape index (κ3) is 3.36. The minimum atomic E-state index is -1.08. The first-order chi connectivity index (χ1) is 7.00. The third-order valence-corrected chi connectivity index (χ3v) is 2.27. The van der Waals surface area contributed by atoms with Gasteiger partial charge in [-0.2, -0.15) is 0 Å². The molecule has 0 aliphatic carbocycles. The van der Waals surface area contributed by atoms with Gasteiger partial charge in [0.2, 0.25) is 5.91 Å². The highest BCUT2D eigenvalue weighted by Gasteiger charge is 2.20. The van der Waals surface area contributed by atoms with Crippen molar-refractivity contribution < 1.29 is 14.7 Å². The molecule has 1 atom stereocenters. The standard InChI is InChI=1S/C10H10BrNO3/c1-6(13)12-9(10(14)15)7-3-2-4-8(11)5-7/h2-5,9H,1H3,(H,12,13)(H,14,15)/t9-/m0/s1. The predicted octanol–water partition coefficient (Wildman–Crippen LogP) is 1.71. The van der Waals surface area contributed by atoms with Crippen LogP contribution in [0.3, 0.4) is 0 Å². The molecule has 5 heteroatoms. The minimum absolute atomic E-state index is 0.373. The van der Waals surface area contributed by atoms with Crippen molar-refractivity contribution in [2.24, 2.45) is 0 Å². The predicted molar refractivity (Wildman–Crippen MR) is 58.3 cm³/mol. The molecule has 0 aliphatic heterocycles. The van der Waals surface area contributed by atoms with E-state index in [9.17, 15) is 9.59 Å². The molecule has 0 aromatic heterocycles. The number of benzene rings is 1. The summed E-state index contributed by atoms with van der Waals surface area (Å²) in [4.78, 5) is 21.7. The van der Waals surface area contributed by atoms with Crippen LogP contribution in [0.15, 0.2) is 28.7 Å². The molecule has 0 saturated carbocycles. The maximum atomic E-state index is 10.9. The van der Waals surface area contributed by atoms with Crippen molar-refractivity contribution in [3.05, 3.63) is 34.3 Å². The molecule has 0 bridgehead atoms. The van der Waals surface area contributed by atoms with Gasteiger partial charge in [-0.25, -0.2) is 4.79 Å². The molecule has 0 fully saturated rings. The van der Waals surface area contributed by atoms with E-state index in [2.05, 4.69) is 21.2 Å². The first-order valence-electron chi connectivity index (χ1n) is 4.26. The largest absolute Gasteiger partial charge is 0.479 e. The Kier molecular flexibility index (Phi) is 3.85. The molecular formula is C10H10BrNO3. The molecular weight excluding hydrogens is 262 g/mol. The summed E-state index contributed by atoms with van der Waals surface area (Å²) in [6.07, 6.45) is 0. The van der Waals surface area contributed by atoms with Crippen molar-refractivity contribution in [3.8, 4) is 0 Å². The molecule has 0 radical (unpaired) electrons. The molecule has 1 rings (SSSR count). The highest BCUT2D eigenvalue weighted by molar-refractivity contribution is 9.10. The first-order valence-corrected chi connectivity index (χ1v) is 5.05. The smallest absolute Gasteiger partial charge is 0.330 e. The molecule has 2 N–H and O–H groups in total. The number of carboxylic acid groups (broad SMARTS) is 1. The topological polar surface area (TPSA) is 66.4 Å². The van der Waals surface area contributed by atoms with Gasteiger partial charge >= 0.3 is 5.97 Å². The fourth-order valence-corrected chi connectivity index (χ4v) is 1.59. The van der Waals surface area contributed by atoms with E-state index in [0.717, 1.165) is 4.47 Å². The zero-order valence-electron chi connectivity index (χ0n) is 8.03. The van der Waals surface area contributed by atoms with E-state index in [1.165, 1.54) is 6.92 Å². The average Bonchev–Trinajstić information content (AvgIpc) is 2.13. The molecule has 0 heterocycles. The second-order valence-electron chi connectivity index (χ2n) is 3.03. The van der Waals surface area contributed by atoms with Crippen LogP contribution in [0.4, 0.5) is 0 Å². The van der Waals surface area contributed by atoms with Crippen LogP contribution in [0.5, 0.6) is 0 Å². The van der Waals surface area contributed by atoms with Crippen LogP contribution >= 0.6 is 15.9 Å². The van der Waals surface area contributed by atoms with E-state index in [1.54, 1.807) is 24.3 Å². The van der Waals surface area contributed by atoms with Gasteiger partial charge in [-0.3, -0.25) is 4.79 Å². The van der Waals surface area contributed by atoms with Crippen molar-refractivity contribution >= 4 is 27.8 Å². The summed E-state index contributed by atoms with van der Waals surface area (Å²) in [5, 5.41) is 11.3. The van der Waals surface area contributed by atoms with Crippen molar-refractivity contribution in [1.29, 1.82) is 0 Å². The van der Waals surface area contributed by atoms with Crippen LogP contribution in [0.2, 0.25) is 0 Å². The van der Waals surface area contributed by atoms with E-state index in [1.807, 2.05) is 0 Å². The number of aliphatic carboxylic acids is 1. The van der Waals surface area contributed by atoms with Gasteiger partial charge in [-0.05, 0) is 17.7 Å². The van der Waals surface area contributed by atoms with Crippen LogP contribution in [-0.4, -0.2) is 17.0 Å². The van der Waals surface area contributed by atoms with Crippen LogP contribution < -0.4 is 5.32 Å². The minimum Gasteiger partial charge on any atom is -0.479 e. The number of hydrogen-bond donors (Lipinski definition) is 2. The van der Waals surface area contributed by atoms with Crippen LogP contribution in [0, 0.1) is 0 Å². The average molecular weight is 272 g/mol. The number of halogens is 1. The number of carbonyl (C=O) groups excluding carboxylic acids is 1. The maximum Gasteiger partial charge on any atom is 0.330 e. The molecule has 0 saturated heterocycles. The highest BCUT2D eigenvalue weighted by atomic mass is 79.9. The van der Waals surface area contributed by atoms with Crippen molar-refractivity contribution in [2.75, 3.05) is 0 Å². The summed E-state index contributed by atoms with van der Waals surface area (Å²) in [6, 6.07) is 5.82. The quantitative estimate of drug-likeness (QED) is 0.880. The molecule has 4 nitrogen and oxygen atoms in total. The van der Waals surface area contributed by atoms with Crippen LogP contribution in [0.1, 0.15) is 18.5 Å². The summed E-state index contributed by atoms with van der Waals surface area (Å²) in [5.41, 5.74) is 0.534. The SMILES string of the molecule is CC(=O)N[C@H](C(=O)O)c1cccc(Br)c1. The molecule has 0 aliphatic rings. The molecule has 0 unspecified atom stereocenters. The van der Waals surface area contributed by atoms with Crippen LogP contribution in [0.25, 0.3) is 0 Å². The number of hydrogen-bond acceptors (Lipinski definition) is 2. The molecule has 1 aromatic carbocycles. The van der Waals surface area contributed by atoms with Gasteiger partial charge in [0.1, 0.15) is 0 Å². The van der Waals surface area contributed by atoms with Gasteiger partial charge in [0, 0.05) is 11.4 Å². The van der Waals surface area contributed by atoms with E-state index < -0.39 is 12.0 Å². The Morgan fingerprint density at radius 3 is 2.60 bits per heavy atom. The molecule has 0 spiro atoms. The number of rotatable bonds is 3. The summed E-state index contributed by atoms with van der Waals surface area (Å²) in [5.74, 6) is -1.45. The van der Waals surface area contributed by atoms with Gasteiger partial charge in [0.15, 0.2) is 6.04 Å². The second-order valence-corrected chi connectivity index (χ2v) is 3.94. The van der Waals surface area contributed by atoms with E-state index in [-0.39, 0.29) is 5.91 Å². The molecule has 1 amide bonds. The summed E-state index contributed by atoms with van der Waals surface area (Å²) < 4.78 is 0.775. The van der Waals surface area contributed by atoms with Crippen molar-refractivity contribution in [1.82, 2.24) is 5.32 Å². The molecule has 80 valence electrons. The monoisotopic (exact) mass is 271 g/mol. The Hall–Kier alpha value is -1.36. The van der Waals surface area contributed by atoms with E-state index in [0.29, 0.717) is 5.56 Å². The lowest BCUT2D eigenvalue weighted by atomic mass is 10.1. The lowest BCUT2D eigenvalue weighted by molar-refractivity contribution is -0.141. The Labute approximate surface area is 95.4 Å². The van der Waals surface area contributed by atoms with Gasteiger partial charge in [0.05, 0.1) is 0 Å². The number of carbonyl (C=O) groups is 2. The third-order valence-electron chi connectivity index (χ3n) is 1.78. The number of nitrogens with one attached hydrogen (secondary N) is 1. The van der Waals surface area contributed by atoms with Gasteiger partial charge < -0.3 is 10.4 Å². The van der Waals surface area contributed by atoms with Crippen molar-refractivity contribution in [2.45, 2.75) is 13.0 Å². The lowest BCUT2D eigenvalue weighted by Crippen LogP contribution is -2.31. The molecule has 1 aromatic rings. The number of amides is 1. The number of carboxylic acids is 1. The van der Waals surface area contributed by atoms with Gasteiger partial charge in [-0.1, -0.05) is 28.1 Å². The molecule has 15 heavy (non-hydrogen) atoms. The Bertz CT molecular complexity index is 392. The van der Waals surface area contributed by atoms with Crippen molar-refractivity contribution in [3.63, 3.8) is 0 Å². The van der Waals surface area contributed by atoms with Crippen LogP contribution in [-0.2, 0) is 9.59 Å². The highest BCUT2D eigenvalue weighted by Crippen LogP contribution is 2.18. The Morgan fingerprint density at radius 2 is 2.13 bits per heavy atom. The second kappa shape index (κ2) is 4.93. The first kappa shape index (κ1) is 11.7. The lowest BCUT2D eigenvalue weighted by Gasteiger charge is -2.13. The summed E-state index contributed by atoms with van der Waals surface area (Å²) in [6.45, 7) is 1.29. The van der Waals surface area contributed by atoms with Gasteiger partial charge in [-0.15, -0.1) is 0 Å². The van der Waals surface area contributed by atoms with Gasteiger partial charge in [0.25, 0.3) is 0 Å². The normalized spacial score (nSPS) is 11.9. The zero-order valence-corrected chi connectivity index (χ0v) is 9.61. The Balaban J connectivity index is 2.98. The zero-order chi connectivity index (χ0) is 11.4. The van der Waals surface area contributed by atoms with E-state index >= 15 is 0 Å². The van der Waals surface area contributed by atoms with E-state index in [4.69, 9.17) is 5.11 Å². The maximum absolute atomic E-state index is 10.9. The fraction of sp³-hybridized carbons (Fsp3) is 0.200.